The van der Waals surface area contributed by atoms with E-state index < -0.39 is 5.97 Å². The molecule has 0 radical (unpaired) electrons. The Morgan fingerprint density at radius 2 is 1.47 bits per heavy atom. The summed E-state index contributed by atoms with van der Waals surface area (Å²) in [7, 11) is 0. The van der Waals surface area contributed by atoms with E-state index in [0.29, 0.717) is 12.1 Å². The van der Waals surface area contributed by atoms with Crippen LogP contribution >= 0.6 is 0 Å². The molecule has 2 aliphatic carbocycles. The van der Waals surface area contributed by atoms with E-state index in [2.05, 4.69) is 20.0 Å². The Morgan fingerprint density at radius 1 is 0.867 bits per heavy atom. The van der Waals surface area contributed by atoms with E-state index in [-0.39, 0.29) is 18.2 Å². The van der Waals surface area contributed by atoms with Crippen molar-refractivity contribution in [3.8, 4) is 0 Å². The summed E-state index contributed by atoms with van der Waals surface area (Å²) in [5.41, 5.74) is 0.160. The molecule has 7 heteroatoms. The molecule has 3 fully saturated rings. The van der Waals surface area contributed by atoms with Gasteiger partial charge in [-0.2, -0.15) is 0 Å². The summed E-state index contributed by atoms with van der Waals surface area (Å²) < 4.78 is 5.37. The van der Waals surface area contributed by atoms with E-state index in [1.165, 1.54) is 38.5 Å². The van der Waals surface area contributed by atoms with Crippen LogP contribution in [0.1, 0.15) is 87.5 Å². The van der Waals surface area contributed by atoms with Crippen LogP contribution < -0.4 is 4.90 Å². The highest BCUT2D eigenvalue weighted by molar-refractivity contribution is 5.89. The van der Waals surface area contributed by atoms with Gasteiger partial charge in [-0.3, -0.25) is 4.79 Å². The zero-order valence-corrected chi connectivity index (χ0v) is 17.9. The smallest absolute Gasteiger partial charge is 0.359 e. The van der Waals surface area contributed by atoms with Crippen molar-refractivity contribution in [1.29, 1.82) is 0 Å². The van der Waals surface area contributed by atoms with Crippen molar-refractivity contribution in [2.45, 2.75) is 89.1 Å². The number of aromatic nitrogens is 2. The highest BCUT2D eigenvalue weighted by Gasteiger charge is 2.33. The molecule has 1 amide bonds. The first-order valence-corrected chi connectivity index (χ1v) is 11.8. The highest BCUT2D eigenvalue weighted by atomic mass is 16.5. The molecule has 2 saturated carbocycles. The molecule has 0 N–H and O–H groups in total. The second-order valence-electron chi connectivity index (χ2n) is 8.93. The van der Waals surface area contributed by atoms with E-state index in [1.807, 2.05) is 6.07 Å². The first-order chi connectivity index (χ1) is 14.7. The van der Waals surface area contributed by atoms with Crippen molar-refractivity contribution in [3.05, 3.63) is 17.8 Å². The van der Waals surface area contributed by atoms with Gasteiger partial charge in [-0.25, -0.2) is 4.79 Å². The zero-order chi connectivity index (χ0) is 20.8. The van der Waals surface area contributed by atoms with Gasteiger partial charge < -0.3 is 14.5 Å². The SMILES string of the molecule is O=C(OCC(=O)N(C1CCCCC1)C1CCCCC1)c1ccc(N2CCCC2)nn1. The minimum atomic E-state index is -0.573. The fourth-order valence-corrected chi connectivity index (χ4v) is 5.25. The van der Waals surface area contributed by atoms with Crippen LogP contribution in [0.15, 0.2) is 12.1 Å². The molecule has 4 rings (SSSR count). The molecule has 2 heterocycles. The van der Waals surface area contributed by atoms with Crippen molar-refractivity contribution < 1.29 is 14.3 Å². The molecule has 0 unspecified atom stereocenters. The molecule has 30 heavy (non-hydrogen) atoms. The van der Waals surface area contributed by atoms with Gasteiger partial charge in [-0.1, -0.05) is 38.5 Å². The maximum atomic E-state index is 13.1. The van der Waals surface area contributed by atoms with Crippen LogP contribution in [0, 0.1) is 0 Å². The normalized spacial score (nSPS) is 20.9. The third-order valence-corrected chi connectivity index (χ3v) is 6.84. The minimum Gasteiger partial charge on any atom is -0.451 e. The number of carbonyl (C=O) groups excluding carboxylic acids is 2. The van der Waals surface area contributed by atoms with Crippen molar-refractivity contribution in [1.82, 2.24) is 15.1 Å². The number of carbonyl (C=O) groups is 2. The van der Waals surface area contributed by atoms with Crippen LogP contribution in [-0.2, 0) is 9.53 Å². The average Bonchev–Trinajstić information content (AvgIpc) is 3.34. The zero-order valence-electron chi connectivity index (χ0n) is 17.9. The monoisotopic (exact) mass is 414 g/mol. The predicted octanol–water partition coefficient (Wildman–Crippen LogP) is 3.73. The number of nitrogens with zero attached hydrogens (tertiary/aromatic N) is 4. The Bertz CT molecular complexity index is 688. The van der Waals surface area contributed by atoms with E-state index in [9.17, 15) is 9.59 Å². The molecule has 1 aliphatic heterocycles. The number of rotatable bonds is 6. The molecule has 1 saturated heterocycles. The topological polar surface area (TPSA) is 75.6 Å². The first-order valence-electron chi connectivity index (χ1n) is 11.8. The van der Waals surface area contributed by atoms with Crippen molar-refractivity contribution >= 4 is 17.7 Å². The minimum absolute atomic E-state index is 0.0520. The summed E-state index contributed by atoms with van der Waals surface area (Å²) >= 11 is 0. The molecule has 3 aliphatic rings. The van der Waals surface area contributed by atoms with Crippen LogP contribution in [0.3, 0.4) is 0 Å². The second-order valence-corrected chi connectivity index (χ2v) is 8.93. The number of hydrogen-bond acceptors (Lipinski definition) is 6. The third-order valence-electron chi connectivity index (χ3n) is 6.84. The number of anilines is 1. The van der Waals surface area contributed by atoms with Gasteiger partial charge in [0.25, 0.3) is 5.91 Å². The van der Waals surface area contributed by atoms with Crippen molar-refractivity contribution in [3.63, 3.8) is 0 Å². The Kier molecular flexibility index (Phi) is 7.18. The molecule has 164 valence electrons. The Labute approximate surface area is 179 Å². The second kappa shape index (κ2) is 10.2. The van der Waals surface area contributed by atoms with E-state index in [4.69, 9.17) is 4.74 Å². The van der Waals surface area contributed by atoms with E-state index in [0.717, 1.165) is 57.4 Å². The molecule has 7 nitrogen and oxygen atoms in total. The largest absolute Gasteiger partial charge is 0.451 e. The number of amides is 1. The Morgan fingerprint density at radius 3 is 2.00 bits per heavy atom. The van der Waals surface area contributed by atoms with Crippen LogP contribution in [-0.4, -0.2) is 58.8 Å². The van der Waals surface area contributed by atoms with Gasteiger partial charge >= 0.3 is 5.97 Å². The summed E-state index contributed by atoms with van der Waals surface area (Å²) in [6.07, 6.45) is 13.8. The van der Waals surface area contributed by atoms with Crippen LogP contribution in [0.4, 0.5) is 5.82 Å². The lowest BCUT2D eigenvalue weighted by atomic mass is 9.88. The summed E-state index contributed by atoms with van der Waals surface area (Å²) in [4.78, 5) is 29.8. The number of esters is 1. The van der Waals surface area contributed by atoms with Gasteiger partial charge in [0.1, 0.15) is 0 Å². The molecule has 0 atom stereocenters. The third kappa shape index (κ3) is 5.10. The van der Waals surface area contributed by atoms with Crippen molar-refractivity contribution in [2.24, 2.45) is 0 Å². The van der Waals surface area contributed by atoms with Gasteiger partial charge in [-0.05, 0) is 50.7 Å². The van der Waals surface area contributed by atoms with Gasteiger partial charge in [0.2, 0.25) is 0 Å². The Balaban J connectivity index is 1.35. The molecule has 1 aromatic heterocycles. The van der Waals surface area contributed by atoms with Gasteiger partial charge in [0.15, 0.2) is 18.1 Å². The maximum Gasteiger partial charge on any atom is 0.359 e. The van der Waals surface area contributed by atoms with Gasteiger partial charge in [0.05, 0.1) is 0 Å². The quantitative estimate of drug-likeness (QED) is 0.660. The molecular weight excluding hydrogens is 380 g/mol. The molecule has 0 spiro atoms. The summed E-state index contributed by atoms with van der Waals surface area (Å²) in [5, 5.41) is 8.21. The molecular formula is C23H34N4O3. The summed E-state index contributed by atoms with van der Waals surface area (Å²) in [6.45, 7) is 1.75. The molecule has 0 bridgehead atoms. The summed E-state index contributed by atoms with van der Waals surface area (Å²) in [6, 6.07) is 4.06. The first kappa shape index (κ1) is 21.1. The van der Waals surface area contributed by atoms with E-state index >= 15 is 0 Å². The van der Waals surface area contributed by atoms with Crippen LogP contribution in [0.2, 0.25) is 0 Å². The lowest BCUT2D eigenvalue weighted by Crippen LogP contribution is -2.50. The Hall–Kier alpha value is -2.18. The standard InChI is InChI=1S/C23H34N4O3/c28-22(27(18-9-3-1-4-10-18)19-11-5-2-6-12-19)17-30-23(29)20-13-14-21(25-24-20)26-15-7-8-16-26/h13-14,18-19H,1-12,15-17H2. The van der Waals surface area contributed by atoms with Gasteiger partial charge in [-0.15, -0.1) is 10.2 Å². The van der Waals surface area contributed by atoms with Crippen molar-refractivity contribution in [2.75, 3.05) is 24.6 Å². The number of ether oxygens (including phenoxy) is 1. The van der Waals surface area contributed by atoms with Crippen LogP contribution in [0.5, 0.6) is 0 Å². The maximum absolute atomic E-state index is 13.1. The molecule has 1 aromatic rings. The number of hydrogen-bond donors (Lipinski definition) is 0. The summed E-state index contributed by atoms with van der Waals surface area (Å²) in [5.74, 6) is 0.167. The van der Waals surface area contributed by atoms with Gasteiger partial charge in [0, 0.05) is 25.2 Å². The molecule has 0 aromatic carbocycles. The van der Waals surface area contributed by atoms with Crippen LogP contribution in [0.25, 0.3) is 0 Å². The van der Waals surface area contributed by atoms with E-state index in [1.54, 1.807) is 6.07 Å². The lowest BCUT2D eigenvalue weighted by molar-refractivity contribution is -0.141. The fourth-order valence-electron chi connectivity index (χ4n) is 5.25. The highest BCUT2D eigenvalue weighted by Crippen LogP contribution is 2.30. The fraction of sp³-hybridized carbons (Fsp3) is 0.739. The predicted molar refractivity (Wildman–Crippen MR) is 114 cm³/mol. The lowest BCUT2D eigenvalue weighted by Gasteiger charge is -2.41. The average molecular weight is 415 g/mol.